The van der Waals surface area contributed by atoms with Crippen molar-refractivity contribution >= 4 is 5.78 Å². The molecule has 21 heavy (non-hydrogen) atoms. The highest BCUT2D eigenvalue weighted by atomic mass is 16.6. The highest BCUT2D eigenvalue weighted by Crippen LogP contribution is 2.54. The van der Waals surface area contributed by atoms with E-state index in [0.717, 1.165) is 5.56 Å². The monoisotopic (exact) mass is 293 g/mol. The van der Waals surface area contributed by atoms with Gasteiger partial charge >= 0.3 is 0 Å². The number of furan rings is 1. The lowest BCUT2D eigenvalue weighted by Crippen LogP contribution is -2.62. The molecule has 1 N–H and O–H groups in total. The first-order chi connectivity index (χ1) is 9.68. The minimum Gasteiger partial charge on any atom is -0.468 e. The molecule has 6 nitrogen and oxygen atoms in total. The largest absolute Gasteiger partial charge is 0.468 e. The molecule has 2 aliphatic rings. The van der Waals surface area contributed by atoms with Crippen molar-refractivity contribution in [3.8, 4) is 0 Å². The van der Waals surface area contributed by atoms with E-state index in [1.54, 1.807) is 20.8 Å². The molecular weight excluding hydrogens is 274 g/mol. The Morgan fingerprint density at radius 3 is 2.76 bits per heavy atom. The first kappa shape index (κ1) is 14.3. The summed E-state index contributed by atoms with van der Waals surface area (Å²) in [7, 11) is 0. The summed E-state index contributed by atoms with van der Waals surface area (Å²) in [6, 6.07) is -0.842. The molecule has 114 valence electrons. The van der Waals surface area contributed by atoms with Crippen LogP contribution in [0.2, 0.25) is 0 Å². The number of carbonyl (C=O) groups is 1. The Morgan fingerprint density at radius 2 is 2.14 bits per heavy atom. The number of aliphatic hydroxyl groups is 1. The maximum Gasteiger partial charge on any atom is 0.219 e. The summed E-state index contributed by atoms with van der Waals surface area (Å²) in [6.07, 6.45) is 2.36. The Hall–Kier alpha value is -1.69. The van der Waals surface area contributed by atoms with Crippen LogP contribution in [0, 0.1) is 28.4 Å². The maximum absolute atomic E-state index is 12.9. The predicted octanol–water partition coefficient (Wildman–Crippen LogP) is 2.14. The van der Waals surface area contributed by atoms with Crippen molar-refractivity contribution < 1.29 is 19.2 Å². The molecule has 0 bridgehead atoms. The van der Waals surface area contributed by atoms with E-state index in [1.807, 2.05) is 0 Å². The molecule has 1 heterocycles. The molecule has 4 atom stereocenters. The molecule has 6 heteroatoms. The van der Waals surface area contributed by atoms with Gasteiger partial charge in [0, 0.05) is 17.8 Å². The molecule has 0 saturated heterocycles. The van der Waals surface area contributed by atoms with E-state index in [9.17, 15) is 20.0 Å². The van der Waals surface area contributed by atoms with E-state index in [4.69, 9.17) is 4.42 Å². The summed E-state index contributed by atoms with van der Waals surface area (Å²) in [4.78, 5) is 24.0. The van der Waals surface area contributed by atoms with Gasteiger partial charge in [0.05, 0.1) is 28.8 Å². The topological polar surface area (TPSA) is 93.6 Å². The molecule has 3 rings (SSSR count). The Bertz CT molecular complexity index is 632. The van der Waals surface area contributed by atoms with Gasteiger partial charge in [0.15, 0.2) is 5.78 Å². The molecule has 0 aliphatic heterocycles. The van der Waals surface area contributed by atoms with Crippen molar-refractivity contribution in [2.24, 2.45) is 11.3 Å². The standard InChI is InChI=1S/C15H19NO5/c1-8-7-21-9-6-14(2)10(16(19)20)4-5-15(3,18)13(14)12(17)11(8)9/h7,10,13,18H,4-6H2,1-3H3. The molecular formula is C15H19NO5. The third-order valence-corrected chi connectivity index (χ3v) is 5.32. The normalized spacial score (nSPS) is 38.8. The number of nitro groups is 1. The molecule has 0 radical (unpaired) electrons. The third kappa shape index (κ3) is 1.78. The van der Waals surface area contributed by atoms with Crippen LogP contribution in [0.3, 0.4) is 0 Å². The molecule has 2 aliphatic carbocycles. The lowest BCUT2D eigenvalue weighted by atomic mass is 9.52. The number of ketones is 1. The smallest absolute Gasteiger partial charge is 0.219 e. The van der Waals surface area contributed by atoms with Crippen molar-refractivity contribution in [3.63, 3.8) is 0 Å². The van der Waals surface area contributed by atoms with Gasteiger partial charge in [-0.3, -0.25) is 14.9 Å². The van der Waals surface area contributed by atoms with Crippen molar-refractivity contribution in [1.29, 1.82) is 0 Å². The Morgan fingerprint density at radius 1 is 1.48 bits per heavy atom. The second kappa shape index (κ2) is 4.16. The fourth-order valence-electron chi connectivity index (χ4n) is 4.40. The van der Waals surface area contributed by atoms with Crippen LogP contribution in [0.1, 0.15) is 48.4 Å². The molecule has 1 aromatic rings. The van der Waals surface area contributed by atoms with Crippen LogP contribution in [-0.4, -0.2) is 27.5 Å². The minimum absolute atomic E-state index is 0.221. The molecule has 0 aromatic carbocycles. The summed E-state index contributed by atoms with van der Waals surface area (Å²) < 4.78 is 5.44. The summed E-state index contributed by atoms with van der Waals surface area (Å²) in [5.74, 6) is -0.472. The second-order valence-corrected chi connectivity index (χ2v) is 6.89. The van der Waals surface area contributed by atoms with Crippen LogP contribution in [0.25, 0.3) is 0 Å². The van der Waals surface area contributed by atoms with Crippen molar-refractivity contribution in [2.75, 3.05) is 0 Å². The van der Waals surface area contributed by atoms with Crippen LogP contribution < -0.4 is 0 Å². The summed E-state index contributed by atoms with van der Waals surface area (Å²) in [5.41, 5.74) is -0.905. The van der Waals surface area contributed by atoms with Gasteiger partial charge in [0.2, 0.25) is 6.04 Å². The van der Waals surface area contributed by atoms with E-state index in [1.165, 1.54) is 6.26 Å². The number of nitrogens with zero attached hydrogens (tertiary/aromatic N) is 1. The Labute approximate surface area is 122 Å². The average Bonchev–Trinajstić information content (AvgIpc) is 2.68. The van der Waals surface area contributed by atoms with Crippen LogP contribution in [-0.2, 0) is 6.42 Å². The zero-order valence-electron chi connectivity index (χ0n) is 12.4. The second-order valence-electron chi connectivity index (χ2n) is 6.89. The molecule has 1 fully saturated rings. The number of hydrogen-bond donors (Lipinski definition) is 1. The highest BCUT2D eigenvalue weighted by Gasteiger charge is 2.64. The number of rotatable bonds is 1. The number of fused-ring (bicyclic) bond motifs is 2. The average molecular weight is 293 g/mol. The highest BCUT2D eigenvalue weighted by molar-refractivity contribution is 6.02. The van der Waals surface area contributed by atoms with Gasteiger partial charge in [-0.15, -0.1) is 0 Å². The number of aryl methyl sites for hydroxylation is 1. The minimum atomic E-state index is -1.22. The van der Waals surface area contributed by atoms with Gasteiger partial charge in [0.25, 0.3) is 0 Å². The number of hydrogen-bond acceptors (Lipinski definition) is 5. The van der Waals surface area contributed by atoms with Crippen LogP contribution in [0.5, 0.6) is 0 Å². The SMILES string of the molecule is Cc1coc2c1C(=O)C1C(C)(O)CCC([N+](=O)[O-])C1(C)C2. The lowest BCUT2D eigenvalue weighted by molar-refractivity contribution is -0.551. The Kier molecular flexibility index (Phi) is 2.82. The van der Waals surface area contributed by atoms with Crippen LogP contribution >= 0.6 is 0 Å². The quantitative estimate of drug-likeness (QED) is 0.632. The first-order valence-electron chi connectivity index (χ1n) is 7.15. The van der Waals surface area contributed by atoms with Gasteiger partial charge in [-0.2, -0.15) is 0 Å². The van der Waals surface area contributed by atoms with E-state index in [2.05, 4.69) is 0 Å². The van der Waals surface area contributed by atoms with Gasteiger partial charge < -0.3 is 9.52 Å². The lowest BCUT2D eigenvalue weighted by Gasteiger charge is -2.50. The van der Waals surface area contributed by atoms with Crippen LogP contribution in [0.4, 0.5) is 0 Å². The molecule has 1 saturated carbocycles. The van der Waals surface area contributed by atoms with E-state index < -0.39 is 23.0 Å². The van der Waals surface area contributed by atoms with Gasteiger partial charge in [-0.1, -0.05) is 6.92 Å². The third-order valence-electron chi connectivity index (χ3n) is 5.32. The Balaban J connectivity index is 2.19. The molecule has 1 aromatic heterocycles. The summed E-state index contributed by atoms with van der Waals surface area (Å²) in [6.45, 7) is 5.13. The van der Waals surface area contributed by atoms with Crippen molar-refractivity contribution in [3.05, 3.63) is 33.3 Å². The maximum atomic E-state index is 12.9. The van der Waals surface area contributed by atoms with E-state index in [0.29, 0.717) is 17.7 Å². The molecule has 0 amide bonds. The zero-order valence-corrected chi connectivity index (χ0v) is 12.4. The number of carbonyl (C=O) groups excluding carboxylic acids is 1. The van der Waals surface area contributed by atoms with Gasteiger partial charge in [-0.05, 0) is 25.8 Å². The van der Waals surface area contributed by atoms with Gasteiger partial charge in [0.1, 0.15) is 5.76 Å². The van der Waals surface area contributed by atoms with Gasteiger partial charge in [-0.25, -0.2) is 0 Å². The molecule has 4 unspecified atom stereocenters. The van der Waals surface area contributed by atoms with Crippen LogP contribution in [0.15, 0.2) is 10.7 Å². The number of Topliss-reactive ketones (excluding diaryl/α,β-unsaturated/α-hetero) is 1. The predicted molar refractivity (Wildman–Crippen MR) is 73.7 cm³/mol. The van der Waals surface area contributed by atoms with Crippen molar-refractivity contribution in [2.45, 2.75) is 51.7 Å². The van der Waals surface area contributed by atoms with E-state index in [-0.39, 0.29) is 23.5 Å². The fourth-order valence-corrected chi connectivity index (χ4v) is 4.40. The summed E-state index contributed by atoms with van der Waals surface area (Å²) >= 11 is 0. The fraction of sp³-hybridized carbons (Fsp3) is 0.667. The summed E-state index contributed by atoms with van der Waals surface area (Å²) in [5, 5.41) is 22.1. The van der Waals surface area contributed by atoms with E-state index >= 15 is 0 Å². The first-order valence-corrected chi connectivity index (χ1v) is 7.15. The molecule has 0 spiro atoms. The van der Waals surface area contributed by atoms with Crippen molar-refractivity contribution in [1.82, 2.24) is 0 Å². The zero-order chi connectivity index (χ0) is 15.6.